The third-order valence-electron chi connectivity index (χ3n) is 8.18. The number of primary amides is 1. The van der Waals surface area contributed by atoms with Crippen LogP contribution in [-0.2, 0) is 32.8 Å². The van der Waals surface area contributed by atoms with Crippen molar-refractivity contribution in [1.82, 2.24) is 10.2 Å². The van der Waals surface area contributed by atoms with Crippen LogP contribution in [0.3, 0.4) is 0 Å². The Labute approximate surface area is 188 Å². The van der Waals surface area contributed by atoms with Crippen molar-refractivity contribution in [3.63, 3.8) is 0 Å². The molecular weight excluding hydrogens is 410 g/mol. The average Bonchev–Trinajstić information content (AvgIpc) is 3.42. The van der Waals surface area contributed by atoms with Gasteiger partial charge in [-0.25, -0.2) is 0 Å². The molecular formula is C24H35N3O3S. The zero-order chi connectivity index (χ0) is 21.8. The van der Waals surface area contributed by atoms with Crippen LogP contribution in [0.15, 0.2) is 6.07 Å². The summed E-state index contributed by atoms with van der Waals surface area (Å²) in [6.45, 7) is 7.58. The normalized spacial score (nSPS) is 34.1. The second-order valence-electron chi connectivity index (χ2n) is 10.2. The minimum Gasteiger partial charge on any atom is -0.370 e. The summed E-state index contributed by atoms with van der Waals surface area (Å²) in [4.78, 5) is 29.6. The van der Waals surface area contributed by atoms with Gasteiger partial charge in [0.15, 0.2) is 0 Å². The highest BCUT2D eigenvalue weighted by Gasteiger charge is 2.56. The predicted molar refractivity (Wildman–Crippen MR) is 121 cm³/mol. The van der Waals surface area contributed by atoms with Gasteiger partial charge in [0.1, 0.15) is 5.41 Å². The summed E-state index contributed by atoms with van der Waals surface area (Å²) in [5.74, 6) is -0.00730. The number of aryl methyl sites for hydroxylation is 1. The van der Waals surface area contributed by atoms with E-state index in [9.17, 15) is 9.59 Å². The molecule has 0 bridgehead atoms. The van der Waals surface area contributed by atoms with Crippen molar-refractivity contribution in [3.8, 4) is 0 Å². The van der Waals surface area contributed by atoms with Crippen molar-refractivity contribution in [2.24, 2.45) is 17.1 Å². The molecule has 2 amide bonds. The van der Waals surface area contributed by atoms with Gasteiger partial charge in [0.05, 0.1) is 12.2 Å². The number of piperidine rings is 1. The number of carbonyl (C=O) groups is 2. The number of rotatable bonds is 6. The van der Waals surface area contributed by atoms with Crippen molar-refractivity contribution in [2.45, 2.75) is 82.9 Å². The van der Waals surface area contributed by atoms with Gasteiger partial charge in [-0.3, -0.25) is 9.59 Å². The Hall–Kier alpha value is -1.44. The number of likely N-dealkylation sites (tertiary alicyclic amines) is 1. The van der Waals surface area contributed by atoms with E-state index in [0.29, 0.717) is 24.8 Å². The van der Waals surface area contributed by atoms with Crippen LogP contribution in [-0.4, -0.2) is 48.5 Å². The molecule has 1 aromatic heterocycles. The van der Waals surface area contributed by atoms with Gasteiger partial charge < -0.3 is 20.7 Å². The minimum atomic E-state index is -0.904. The number of nitrogens with two attached hydrogens (primary N) is 1. The van der Waals surface area contributed by atoms with E-state index in [1.165, 1.54) is 10.4 Å². The van der Waals surface area contributed by atoms with Crippen LogP contribution in [0.4, 0.5) is 0 Å². The van der Waals surface area contributed by atoms with Crippen LogP contribution in [0.25, 0.3) is 0 Å². The van der Waals surface area contributed by atoms with E-state index in [0.717, 1.165) is 58.2 Å². The van der Waals surface area contributed by atoms with Crippen molar-refractivity contribution in [1.29, 1.82) is 0 Å². The topological polar surface area (TPSA) is 84.7 Å². The third-order valence-corrected chi connectivity index (χ3v) is 9.52. The fourth-order valence-electron chi connectivity index (χ4n) is 5.91. The quantitative estimate of drug-likeness (QED) is 0.660. The first kappa shape index (κ1) is 21.4. The Kier molecular flexibility index (Phi) is 5.42. The Morgan fingerprint density at radius 3 is 2.74 bits per heavy atom. The van der Waals surface area contributed by atoms with Gasteiger partial charge in [-0.2, -0.15) is 0 Å². The number of fused-ring (bicyclic) bond motifs is 2. The fraction of sp³-hybridized carbons (Fsp3) is 0.750. The zero-order valence-electron chi connectivity index (χ0n) is 18.7. The maximum atomic E-state index is 12.4. The van der Waals surface area contributed by atoms with Gasteiger partial charge in [-0.05, 0) is 69.4 Å². The molecule has 3 fully saturated rings. The van der Waals surface area contributed by atoms with Gasteiger partial charge in [-0.15, -0.1) is 11.3 Å². The second kappa shape index (κ2) is 7.85. The summed E-state index contributed by atoms with van der Waals surface area (Å²) in [5.41, 5.74) is 5.90. The molecule has 5 rings (SSSR count). The van der Waals surface area contributed by atoms with E-state index in [1.54, 1.807) is 4.88 Å². The van der Waals surface area contributed by atoms with Crippen molar-refractivity contribution >= 4 is 23.2 Å². The van der Waals surface area contributed by atoms with Gasteiger partial charge in [0, 0.05) is 41.3 Å². The van der Waals surface area contributed by atoms with Crippen LogP contribution < -0.4 is 11.1 Å². The molecule has 0 radical (unpaired) electrons. The standard InChI is InChI=1S/C24H35N3O3S/c1-3-18-12-19-20(31-18)4-9-30-24(19)7-8-27(15(2)13-24)14-16-10-17(11-16)26-22(29)23(5-6-23)21(25)28/h12,15-17H,3-11,13-14H2,1-2H3,(H2,25,28)(H,26,29)/t15-,16-,17+,24+/m0/s1. The predicted octanol–water partition coefficient (Wildman–Crippen LogP) is 2.72. The highest BCUT2D eigenvalue weighted by Crippen LogP contribution is 2.48. The summed E-state index contributed by atoms with van der Waals surface area (Å²) < 4.78 is 6.47. The van der Waals surface area contributed by atoms with Crippen molar-refractivity contribution in [2.75, 3.05) is 19.7 Å². The van der Waals surface area contributed by atoms with E-state index in [1.807, 2.05) is 11.3 Å². The lowest BCUT2D eigenvalue weighted by Gasteiger charge is -2.49. The Balaban J connectivity index is 1.14. The number of nitrogens with one attached hydrogen (secondary N) is 1. The van der Waals surface area contributed by atoms with Crippen LogP contribution in [0, 0.1) is 11.3 Å². The van der Waals surface area contributed by atoms with E-state index < -0.39 is 11.3 Å². The Bertz CT molecular complexity index is 873. The van der Waals surface area contributed by atoms with Crippen LogP contribution in [0.5, 0.6) is 0 Å². The highest BCUT2D eigenvalue weighted by molar-refractivity contribution is 7.12. The molecule has 31 heavy (non-hydrogen) atoms. The molecule has 2 aliphatic carbocycles. The van der Waals surface area contributed by atoms with Gasteiger partial charge in [0.2, 0.25) is 11.8 Å². The first-order chi connectivity index (χ1) is 14.8. The average molecular weight is 446 g/mol. The molecule has 2 saturated carbocycles. The molecule has 2 atom stereocenters. The molecule has 4 aliphatic rings. The Morgan fingerprint density at radius 1 is 1.32 bits per heavy atom. The number of hydrogen-bond donors (Lipinski definition) is 2. The lowest BCUT2D eigenvalue weighted by molar-refractivity contribution is -0.136. The van der Waals surface area contributed by atoms with Gasteiger partial charge >= 0.3 is 0 Å². The first-order valence-electron chi connectivity index (χ1n) is 12.0. The largest absolute Gasteiger partial charge is 0.370 e. The number of carbonyl (C=O) groups excluding carboxylic acids is 2. The van der Waals surface area contributed by atoms with Crippen LogP contribution in [0.1, 0.15) is 67.7 Å². The number of amides is 2. The van der Waals surface area contributed by atoms with Crippen molar-refractivity contribution in [3.05, 3.63) is 21.4 Å². The lowest BCUT2D eigenvalue weighted by atomic mass is 9.76. The summed E-state index contributed by atoms with van der Waals surface area (Å²) in [6.07, 6.45) is 7.50. The number of nitrogens with zero attached hydrogens (tertiary/aromatic N) is 1. The van der Waals surface area contributed by atoms with Gasteiger partial charge in [0.25, 0.3) is 0 Å². The zero-order valence-corrected chi connectivity index (χ0v) is 19.6. The molecule has 1 saturated heterocycles. The Morgan fingerprint density at radius 2 is 2.10 bits per heavy atom. The molecule has 170 valence electrons. The smallest absolute Gasteiger partial charge is 0.235 e. The molecule has 7 heteroatoms. The van der Waals surface area contributed by atoms with E-state index in [4.69, 9.17) is 10.5 Å². The summed E-state index contributed by atoms with van der Waals surface area (Å²) in [6, 6.07) is 3.10. The maximum absolute atomic E-state index is 12.4. The number of ether oxygens (including phenoxy) is 1. The second-order valence-corrected chi connectivity index (χ2v) is 11.5. The molecule has 1 spiro atoms. The van der Waals surface area contributed by atoms with E-state index in [2.05, 4.69) is 30.1 Å². The molecule has 1 aromatic rings. The van der Waals surface area contributed by atoms with E-state index >= 15 is 0 Å². The molecule has 2 aliphatic heterocycles. The number of thiophene rings is 1. The molecule has 0 unspecified atom stereocenters. The monoisotopic (exact) mass is 445 g/mol. The van der Waals surface area contributed by atoms with Crippen LogP contribution in [0.2, 0.25) is 0 Å². The maximum Gasteiger partial charge on any atom is 0.235 e. The third kappa shape index (κ3) is 3.72. The summed E-state index contributed by atoms with van der Waals surface area (Å²) in [7, 11) is 0. The molecule has 3 heterocycles. The van der Waals surface area contributed by atoms with Crippen molar-refractivity contribution < 1.29 is 14.3 Å². The molecule has 3 N–H and O–H groups in total. The van der Waals surface area contributed by atoms with Crippen LogP contribution >= 0.6 is 11.3 Å². The van der Waals surface area contributed by atoms with Gasteiger partial charge in [-0.1, -0.05) is 6.92 Å². The summed E-state index contributed by atoms with van der Waals surface area (Å²) >= 11 is 1.98. The minimum absolute atomic E-state index is 0.0864. The lowest BCUT2D eigenvalue weighted by Crippen LogP contribution is -2.55. The highest BCUT2D eigenvalue weighted by atomic mass is 32.1. The number of hydrogen-bond acceptors (Lipinski definition) is 5. The SMILES string of the molecule is CCc1cc2c(s1)CCO[C@@]21CCN(C[C@H]2C[C@@H](NC(=O)C3(C(N)=O)CC3)C2)[C@@H](C)C1. The summed E-state index contributed by atoms with van der Waals surface area (Å²) in [5, 5.41) is 3.07. The first-order valence-corrected chi connectivity index (χ1v) is 12.8. The fourth-order valence-corrected chi connectivity index (χ4v) is 7.09. The molecule has 6 nitrogen and oxygen atoms in total. The molecule has 0 aromatic carbocycles. The van der Waals surface area contributed by atoms with E-state index in [-0.39, 0.29) is 17.6 Å².